The number of carbonyl (C=O) groups excluding carboxylic acids is 1. The molecule has 0 saturated heterocycles. The van der Waals surface area contributed by atoms with Crippen LogP contribution in [0.3, 0.4) is 0 Å². The van der Waals surface area contributed by atoms with Crippen LogP contribution in [-0.4, -0.2) is 24.1 Å². The minimum absolute atomic E-state index is 0.159. The van der Waals surface area contributed by atoms with Crippen LogP contribution >= 0.6 is 0 Å². The molecular formula is C10H14N2O2. The standard InChI is InChI=1S/C10H14N2O2/c1-7-6-8(13)2-3-9(7)10(14)12-5-4-11/h2-3,6,13H,4-5,11H2,1H3,(H,12,14). The molecule has 0 aliphatic heterocycles. The molecule has 4 N–H and O–H groups in total. The van der Waals surface area contributed by atoms with Crippen LogP contribution in [-0.2, 0) is 0 Å². The van der Waals surface area contributed by atoms with Gasteiger partial charge in [0.1, 0.15) is 5.75 Å². The zero-order valence-electron chi connectivity index (χ0n) is 8.08. The normalized spacial score (nSPS) is 9.86. The van der Waals surface area contributed by atoms with E-state index in [2.05, 4.69) is 5.32 Å². The lowest BCUT2D eigenvalue weighted by Gasteiger charge is -2.06. The van der Waals surface area contributed by atoms with Crippen molar-refractivity contribution in [2.75, 3.05) is 13.1 Å². The molecule has 1 aromatic rings. The van der Waals surface area contributed by atoms with Gasteiger partial charge in [0.2, 0.25) is 0 Å². The van der Waals surface area contributed by atoms with E-state index in [-0.39, 0.29) is 11.7 Å². The van der Waals surface area contributed by atoms with E-state index in [4.69, 9.17) is 10.8 Å². The van der Waals surface area contributed by atoms with Gasteiger partial charge >= 0.3 is 0 Å². The number of aryl methyl sites for hydroxylation is 1. The van der Waals surface area contributed by atoms with Crippen molar-refractivity contribution < 1.29 is 9.90 Å². The van der Waals surface area contributed by atoms with E-state index in [9.17, 15) is 4.79 Å². The molecule has 0 bridgehead atoms. The van der Waals surface area contributed by atoms with Crippen LogP contribution in [0.25, 0.3) is 0 Å². The number of benzene rings is 1. The summed E-state index contributed by atoms with van der Waals surface area (Å²) in [6.45, 7) is 2.65. The minimum Gasteiger partial charge on any atom is -0.508 e. The lowest BCUT2D eigenvalue weighted by atomic mass is 10.1. The lowest BCUT2D eigenvalue weighted by Crippen LogP contribution is -2.29. The highest BCUT2D eigenvalue weighted by Gasteiger charge is 2.07. The zero-order chi connectivity index (χ0) is 10.6. The number of phenols is 1. The molecule has 0 aliphatic carbocycles. The van der Waals surface area contributed by atoms with Gasteiger partial charge in [0.25, 0.3) is 5.91 Å². The van der Waals surface area contributed by atoms with Gasteiger partial charge in [0.15, 0.2) is 0 Å². The van der Waals surface area contributed by atoms with Gasteiger partial charge in [-0.1, -0.05) is 0 Å². The molecule has 76 valence electrons. The van der Waals surface area contributed by atoms with E-state index in [1.54, 1.807) is 19.1 Å². The van der Waals surface area contributed by atoms with Crippen molar-refractivity contribution in [1.82, 2.24) is 5.32 Å². The Morgan fingerprint density at radius 3 is 2.86 bits per heavy atom. The summed E-state index contributed by atoms with van der Waals surface area (Å²) in [6, 6.07) is 4.64. The van der Waals surface area contributed by atoms with Crippen LogP contribution in [0.1, 0.15) is 15.9 Å². The second-order valence-corrected chi connectivity index (χ2v) is 3.04. The van der Waals surface area contributed by atoms with Crippen molar-refractivity contribution in [3.63, 3.8) is 0 Å². The molecule has 0 spiro atoms. The molecule has 0 fully saturated rings. The van der Waals surface area contributed by atoms with Gasteiger partial charge in [-0.15, -0.1) is 0 Å². The van der Waals surface area contributed by atoms with Gasteiger partial charge < -0.3 is 16.2 Å². The fourth-order valence-electron chi connectivity index (χ4n) is 1.18. The Balaban J connectivity index is 2.80. The van der Waals surface area contributed by atoms with Gasteiger partial charge in [-0.3, -0.25) is 4.79 Å². The summed E-state index contributed by atoms with van der Waals surface area (Å²) >= 11 is 0. The molecule has 0 heterocycles. The summed E-state index contributed by atoms with van der Waals surface area (Å²) in [5, 5.41) is 11.8. The highest BCUT2D eigenvalue weighted by molar-refractivity contribution is 5.95. The smallest absolute Gasteiger partial charge is 0.251 e. The van der Waals surface area contributed by atoms with Crippen molar-refractivity contribution in [2.45, 2.75) is 6.92 Å². The van der Waals surface area contributed by atoms with Crippen molar-refractivity contribution in [3.8, 4) is 5.75 Å². The summed E-state index contributed by atoms with van der Waals surface area (Å²) in [6.07, 6.45) is 0. The number of carbonyl (C=O) groups is 1. The quantitative estimate of drug-likeness (QED) is 0.651. The predicted molar refractivity (Wildman–Crippen MR) is 54.2 cm³/mol. The van der Waals surface area contributed by atoms with Crippen LogP contribution in [0.15, 0.2) is 18.2 Å². The first-order valence-corrected chi connectivity index (χ1v) is 4.43. The number of hydrogen-bond acceptors (Lipinski definition) is 3. The molecule has 1 aromatic carbocycles. The predicted octanol–water partition coefficient (Wildman–Crippen LogP) is 0.389. The van der Waals surface area contributed by atoms with Gasteiger partial charge in [-0.05, 0) is 30.7 Å². The molecule has 1 rings (SSSR count). The van der Waals surface area contributed by atoms with Crippen LogP contribution < -0.4 is 11.1 Å². The summed E-state index contributed by atoms with van der Waals surface area (Å²) < 4.78 is 0. The Morgan fingerprint density at radius 2 is 2.29 bits per heavy atom. The Labute approximate surface area is 82.7 Å². The van der Waals surface area contributed by atoms with Crippen LogP contribution in [0, 0.1) is 6.92 Å². The van der Waals surface area contributed by atoms with Crippen LogP contribution in [0.4, 0.5) is 0 Å². The summed E-state index contributed by atoms with van der Waals surface area (Å²) in [7, 11) is 0. The Kier molecular flexibility index (Phi) is 3.48. The van der Waals surface area contributed by atoms with E-state index in [1.165, 1.54) is 6.07 Å². The first-order valence-electron chi connectivity index (χ1n) is 4.43. The topological polar surface area (TPSA) is 75.3 Å². The summed E-state index contributed by atoms with van der Waals surface area (Å²) in [4.78, 5) is 11.5. The van der Waals surface area contributed by atoms with Crippen molar-refractivity contribution in [1.29, 1.82) is 0 Å². The summed E-state index contributed by atoms with van der Waals surface area (Å²) in [5.41, 5.74) is 6.58. The van der Waals surface area contributed by atoms with Crippen molar-refractivity contribution >= 4 is 5.91 Å². The van der Waals surface area contributed by atoms with E-state index in [0.717, 1.165) is 5.56 Å². The maximum absolute atomic E-state index is 11.5. The average molecular weight is 194 g/mol. The average Bonchev–Trinajstić information content (AvgIpc) is 2.14. The molecular weight excluding hydrogens is 180 g/mol. The molecule has 14 heavy (non-hydrogen) atoms. The van der Waals surface area contributed by atoms with Gasteiger partial charge in [-0.2, -0.15) is 0 Å². The number of nitrogens with two attached hydrogens (primary N) is 1. The van der Waals surface area contributed by atoms with E-state index in [1.807, 2.05) is 0 Å². The highest BCUT2D eigenvalue weighted by Crippen LogP contribution is 2.15. The number of phenolic OH excluding ortho intramolecular Hbond substituents is 1. The van der Waals surface area contributed by atoms with E-state index >= 15 is 0 Å². The molecule has 1 amide bonds. The zero-order valence-corrected chi connectivity index (χ0v) is 8.08. The van der Waals surface area contributed by atoms with Crippen molar-refractivity contribution in [3.05, 3.63) is 29.3 Å². The number of amides is 1. The Bertz CT molecular complexity index is 337. The SMILES string of the molecule is Cc1cc(O)ccc1C(=O)NCCN. The van der Waals surface area contributed by atoms with Crippen molar-refractivity contribution in [2.24, 2.45) is 5.73 Å². The lowest BCUT2D eigenvalue weighted by molar-refractivity contribution is 0.0954. The fraction of sp³-hybridized carbons (Fsp3) is 0.300. The maximum atomic E-state index is 11.5. The first kappa shape index (κ1) is 10.5. The molecule has 0 saturated carbocycles. The highest BCUT2D eigenvalue weighted by atomic mass is 16.3. The molecule has 0 radical (unpaired) electrons. The number of aromatic hydroxyl groups is 1. The maximum Gasteiger partial charge on any atom is 0.251 e. The fourth-order valence-corrected chi connectivity index (χ4v) is 1.18. The third kappa shape index (κ3) is 2.47. The first-order chi connectivity index (χ1) is 6.65. The number of nitrogens with one attached hydrogen (secondary N) is 1. The molecule has 4 nitrogen and oxygen atoms in total. The second-order valence-electron chi connectivity index (χ2n) is 3.04. The van der Waals surface area contributed by atoms with E-state index < -0.39 is 0 Å². The third-order valence-corrected chi connectivity index (χ3v) is 1.88. The molecule has 0 aromatic heterocycles. The number of hydrogen-bond donors (Lipinski definition) is 3. The Morgan fingerprint density at radius 1 is 1.57 bits per heavy atom. The van der Waals surface area contributed by atoms with Gasteiger partial charge in [0.05, 0.1) is 0 Å². The Hall–Kier alpha value is -1.55. The largest absolute Gasteiger partial charge is 0.508 e. The molecule has 4 heteroatoms. The second kappa shape index (κ2) is 4.62. The third-order valence-electron chi connectivity index (χ3n) is 1.88. The molecule has 0 aliphatic rings. The van der Waals surface area contributed by atoms with Crippen LogP contribution in [0.2, 0.25) is 0 Å². The minimum atomic E-state index is -0.159. The van der Waals surface area contributed by atoms with Crippen LogP contribution in [0.5, 0.6) is 5.75 Å². The molecule has 0 atom stereocenters. The molecule has 0 unspecified atom stereocenters. The van der Waals surface area contributed by atoms with Gasteiger partial charge in [0, 0.05) is 18.7 Å². The number of rotatable bonds is 3. The van der Waals surface area contributed by atoms with E-state index in [0.29, 0.717) is 18.7 Å². The van der Waals surface area contributed by atoms with Gasteiger partial charge in [-0.25, -0.2) is 0 Å². The monoisotopic (exact) mass is 194 g/mol. The summed E-state index contributed by atoms with van der Waals surface area (Å²) in [5.74, 6) is 0.00539.